The maximum atomic E-state index is 13.3. The molecule has 140 valence electrons. The molecule has 0 amide bonds. The monoisotopic (exact) mass is 394 g/mol. The van der Waals surface area contributed by atoms with Crippen molar-refractivity contribution in [3.05, 3.63) is 85.1 Å². The van der Waals surface area contributed by atoms with Crippen molar-refractivity contribution in [1.82, 2.24) is 14.8 Å². The van der Waals surface area contributed by atoms with Gasteiger partial charge in [0.2, 0.25) is 10.0 Å². The van der Waals surface area contributed by atoms with Gasteiger partial charge in [0.15, 0.2) is 0 Å². The van der Waals surface area contributed by atoms with Crippen LogP contribution in [0.25, 0.3) is 28.1 Å². The summed E-state index contributed by atoms with van der Waals surface area (Å²) in [7, 11) is -4.09. The molecule has 2 N–H and O–H groups in total. The van der Waals surface area contributed by atoms with Gasteiger partial charge in [-0.25, -0.2) is 22.6 Å². The van der Waals surface area contributed by atoms with Crippen LogP contribution >= 0.6 is 0 Å². The zero-order valence-corrected chi connectivity index (χ0v) is 15.3. The van der Waals surface area contributed by atoms with Gasteiger partial charge in [-0.05, 0) is 53.6 Å². The minimum atomic E-state index is -4.09. The summed E-state index contributed by atoms with van der Waals surface area (Å²) in [4.78, 5) is 4.26. The predicted octanol–water partition coefficient (Wildman–Crippen LogP) is 3.39. The molecule has 0 aliphatic carbocycles. The maximum absolute atomic E-state index is 13.3. The van der Waals surface area contributed by atoms with Gasteiger partial charge in [0.25, 0.3) is 0 Å². The summed E-state index contributed by atoms with van der Waals surface area (Å²) in [5.41, 5.74) is 2.62. The number of nitrogens with two attached hydrogens (primary N) is 1. The number of halogens is 1. The number of rotatable bonds is 4. The van der Waals surface area contributed by atoms with E-state index >= 15 is 0 Å². The van der Waals surface area contributed by atoms with E-state index in [4.69, 9.17) is 5.14 Å². The highest BCUT2D eigenvalue weighted by molar-refractivity contribution is 7.89. The smallest absolute Gasteiger partial charge is 0.240 e. The molecule has 2 aromatic heterocycles. The van der Waals surface area contributed by atoms with E-state index in [1.807, 2.05) is 0 Å². The van der Waals surface area contributed by atoms with E-state index in [9.17, 15) is 12.8 Å². The second kappa shape index (κ2) is 6.99. The van der Waals surface area contributed by atoms with Crippen molar-refractivity contribution in [1.29, 1.82) is 0 Å². The second-order valence-electron chi connectivity index (χ2n) is 6.09. The molecule has 0 saturated carbocycles. The third kappa shape index (κ3) is 3.42. The molecule has 0 spiro atoms. The summed E-state index contributed by atoms with van der Waals surface area (Å²) in [5, 5.41) is 9.71. The Hall–Kier alpha value is -3.36. The van der Waals surface area contributed by atoms with Gasteiger partial charge >= 0.3 is 0 Å². The molecular formula is C20H15FN4O2S. The van der Waals surface area contributed by atoms with Gasteiger partial charge in [0.05, 0.1) is 11.4 Å². The Bertz CT molecular complexity index is 1220. The third-order valence-corrected chi connectivity index (χ3v) is 5.16. The minimum Gasteiger partial charge on any atom is -0.256 e. The molecule has 2 aromatic carbocycles. The normalized spacial score (nSPS) is 11.5. The first-order valence-corrected chi connectivity index (χ1v) is 9.86. The van der Waals surface area contributed by atoms with E-state index in [0.717, 1.165) is 0 Å². The summed E-state index contributed by atoms with van der Waals surface area (Å²) in [6.07, 6.45) is 4.79. The van der Waals surface area contributed by atoms with Crippen LogP contribution in [0, 0.1) is 5.82 Å². The van der Waals surface area contributed by atoms with Crippen molar-refractivity contribution >= 4 is 10.0 Å². The largest absolute Gasteiger partial charge is 0.256 e. The number of pyridine rings is 1. The third-order valence-electron chi connectivity index (χ3n) is 4.23. The molecule has 28 heavy (non-hydrogen) atoms. The quantitative estimate of drug-likeness (QED) is 0.574. The van der Waals surface area contributed by atoms with E-state index in [0.29, 0.717) is 28.1 Å². The second-order valence-corrected chi connectivity index (χ2v) is 7.62. The number of benzene rings is 2. The molecule has 0 aliphatic heterocycles. The number of hydrogen-bond donors (Lipinski definition) is 1. The van der Waals surface area contributed by atoms with Crippen LogP contribution in [0.2, 0.25) is 0 Å². The maximum Gasteiger partial charge on any atom is 0.240 e. The van der Waals surface area contributed by atoms with Gasteiger partial charge in [0, 0.05) is 24.2 Å². The van der Waals surface area contributed by atoms with Crippen LogP contribution in [-0.4, -0.2) is 23.2 Å². The Morgan fingerprint density at radius 1 is 0.929 bits per heavy atom. The van der Waals surface area contributed by atoms with Crippen molar-refractivity contribution < 1.29 is 12.8 Å². The van der Waals surface area contributed by atoms with Crippen LogP contribution < -0.4 is 5.14 Å². The summed E-state index contributed by atoms with van der Waals surface area (Å²) in [6, 6.07) is 16.1. The fourth-order valence-corrected chi connectivity index (χ4v) is 3.75. The number of hydrogen-bond acceptors (Lipinski definition) is 4. The number of aromatic nitrogens is 3. The highest BCUT2D eigenvalue weighted by atomic mass is 32.2. The Balaban J connectivity index is 2.09. The lowest BCUT2D eigenvalue weighted by Gasteiger charge is -2.16. The lowest BCUT2D eigenvalue weighted by atomic mass is 9.99. The molecule has 0 radical (unpaired) electrons. The van der Waals surface area contributed by atoms with Gasteiger partial charge in [-0.2, -0.15) is 5.10 Å². The molecule has 0 bridgehead atoms. The van der Waals surface area contributed by atoms with E-state index in [1.165, 1.54) is 22.9 Å². The van der Waals surface area contributed by atoms with Crippen molar-refractivity contribution in [3.63, 3.8) is 0 Å². The van der Waals surface area contributed by atoms with Gasteiger partial charge in [0.1, 0.15) is 10.7 Å². The Morgan fingerprint density at radius 3 is 2.32 bits per heavy atom. The van der Waals surface area contributed by atoms with Crippen LogP contribution in [0.5, 0.6) is 0 Å². The van der Waals surface area contributed by atoms with E-state index < -0.39 is 10.0 Å². The molecule has 4 aromatic rings. The van der Waals surface area contributed by atoms with Crippen molar-refractivity contribution in [2.45, 2.75) is 4.90 Å². The van der Waals surface area contributed by atoms with Crippen LogP contribution in [0.3, 0.4) is 0 Å². The molecule has 0 fully saturated rings. The lowest BCUT2D eigenvalue weighted by Crippen LogP contribution is -2.17. The molecule has 6 nitrogen and oxygen atoms in total. The zero-order chi connectivity index (χ0) is 19.7. The number of nitrogens with zero attached hydrogens (tertiary/aromatic N) is 3. The van der Waals surface area contributed by atoms with Crippen LogP contribution in [0.4, 0.5) is 4.39 Å². The van der Waals surface area contributed by atoms with Crippen molar-refractivity contribution in [2.75, 3.05) is 0 Å². The summed E-state index contributed by atoms with van der Waals surface area (Å²) in [6.45, 7) is 0. The fraction of sp³-hybridized carbons (Fsp3) is 0. The molecule has 2 heterocycles. The summed E-state index contributed by atoms with van der Waals surface area (Å²) in [5.74, 6) is -0.381. The van der Waals surface area contributed by atoms with Crippen molar-refractivity contribution in [3.8, 4) is 28.1 Å². The average molecular weight is 394 g/mol. The predicted molar refractivity (Wildman–Crippen MR) is 104 cm³/mol. The van der Waals surface area contributed by atoms with Crippen LogP contribution in [0.15, 0.2) is 84.1 Å². The highest BCUT2D eigenvalue weighted by Crippen LogP contribution is 2.35. The summed E-state index contributed by atoms with van der Waals surface area (Å²) < 4.78 is 39.6. The first kappa shape index (κ1) is 18.0. The molecular weight excluding hydrogens is 379 g/mol. The molecule has 0 unspecified atom stereocenters. The van der Waals surface area contributed by atoms with E-state index in [-0.39, 0.29) is 10.7 Å². The highest BCUT2D eigenvalue weighted by Gasteiger charge is 2.23. The number of sulfonamides is 1. The lowest BCUT2D eigenvalue weighted by molar-refractivity contribution is 0.596. The Labute approximate surface area is 161 Å². The van der Waals surface area contributed by atoms with Gasteiger partial charge in [-0.3, -0.25) is 4.98 Å². The molecule has 4 rings (SSSR count). The molecule has 0 saturated heterocycles. The standard InChI is InChI=1S/C20H15FN4O2S/c21-16-7-5-14(6-8-16)15-12-17(18-4-1-2-9-23-18)20(25-11-3-10-24-25)19(13-15)28(22,26)27/h1-13H,(H2,22,26,27). The van der Waals surface area contributed by atoms with E-state index in [2.05, 4.69) is 10.1 Å². The zero-order valence-electron chi connectivity index (χ0n) is 14.5. The molecule has 0 atom stereocenters. The van der Waals surface area contributed by atoms with Gasteiger partial charge in [-0.15, -0.1) is 0 Å². The summed E-state index contributed by atoms with van der Waals surface area (Å²) >= 11 is 0. The van der Waals surface area contributed by atoms with Crippen LogP contribution in [0.1, 0.15) is 0 Å². The van der Waals surface area contributed by atoms with E-state index in [1.54, 1.807) is 61.1 Å². The Kier molecular flexibility index (Phi) is 4.50. The SMILES string of the molecule is NS(=O)(=O)c1cc(-c2ccc(F)cc2)cc(-c2ccccn2)c1-n1cccn1. The van der Waals surface area contributed by atoms with Gasteiger partial charge < -0.3 is 0 Å². The first-order valence-electron chi connectivity index (χ1n) is 8.32. The average Bonchev–Trinajstić information content (AvgIpc) is 3.22. The van der Waals surface area contributed by atoms with Gasteiger partial charge in [-0.1, -0.05) is 18.2 Å². The minimum absolute atomic E-state index is 0.0984. The Morgan fingerprint density at radius 2 is 1.71 bits per heavy atom. The van der Waals surface area contributed by atoms with Crippen molar-refractivity contribution in [2.24, 2.45) is 5.14 Å². The van der Waals surface area contributed by atoms with Crippen LogP contribution in [-0.2, 0) is 10.0 Å². The topological polar surface area (TPSA) is 90.9 Å². The number of primary sulfonamides is 1. The fourth-order valence-electron chi connectivity index (χ4n) is 2.99. The molecule has 0 aliphatic rings. The molecule has 8 heteroatoms. The first-order chi connectivity index (χ1) is 13.4.